The molecule has 0 aliphatic carbocycles. The van der Waals surface area contributed by atoms with Gasteiger partial charge in [-0.2, -0.15) is 11.8 Å². The molecule has 4 heteroatoms. The summed E-state index contributed by atoms with van der Waals surface area (Å²) < 4.78 is 0. The Morgan fingerprint density at radius 2 is 2.32 bits per heavy atom. The quantitative estimate of drug-likeness (QED) is 0.839. The molecule has 0 bridgehead atoms. The van der Waals surface area contributed by atoms with Gasteiger partial charge in [0.2, 0.25) is 0 Å². The summed E-state index contributed by atoms with van der Waals surface area (Å²) in [5.41, 5.74) is 2.47. The average molecular weight is 279 g/mol. The maximum atomic E-state index is 4.71. The standard InChI is InChI=1S/C15H25N3S/c1-4-5-16-10-14-8-12(2)17-15(9-14)18-6-7-19-13(3)11-18/h8-9,13,16H,4-7,10-11H2,1-3H3. The summed E-state index contributed by atoms with van der Waals surface area (Å²) in [6, 6.07) is 4.44. The van der Waals surface area contributed by atoms with Crippen molar-refractivity contribution in [2.75, 3.05) is 30.3 Å². The predicted molar refractivity (Wildman–Crippen MR) is 85.1 cm³/mol. The number of pyridine rings is 1. The lowest BCUT2D eigenvalue weighted by atomic mass is 10.2. The molecule has 0 spiro atoms. The molecule has 1 unspecified atom stereocenters. The molecule has 0 amide bonds. The maximum absolute atomic E-state index is 4.71. The predicted octanol–water partition coefficient (Wildman–Crippen LogP) is 2.83. The molecule has 1 aromatic heterocycles. The molecular weight excluding hydrogens is 254 g/mol. The fourth-order valence-corrected chi connectivity index (χ4v) is 3.43. The first-order chi connectivity index (χ1) is 9.19. The second-order valence-electron chi connectivity index (χ2n) is 5.28. The highest BCUT2D eigenvalue weighted by Crippen LogP contribution is 2.23. The van der Waals surface area contributed by atoms with Crippen molar-refractivity contribution < 1.29 is 0 Å². The number of aryl methyl sites for hydroxylation is 1. The van der Waals surface area contributed by atoms with Crippen LogP contribution in [0.15, 0.2) is 12.1 Å². The van der Waals surface area contributed by atoms with Gasteiger partial charge in [0.1, 0.15) is 5.82 Å². The van der Waals surface area contributed by atoms with Crippen LogP contribution in [-0.2, 0) is 6.54 Å². The van der Waals surface area contributed by atoms with Gasteiger partial charge in [0.05, 0.1) is 0 Å². The summed E-state index contributed by atoms with van der Waals surface area (Å²) >= 11 is 2.06. The highest BCUT2D eigenvalue weighted by Gasteiger charge is 2.18. The van der Waals surface area contributed by atoms with E-state index in [0.717, 1.165) is 37.7 Å². The van der Waals surface area contributed by atoms with Crippen molar-refractivity contribution in [3.05, 3.63) is 23.4 Å². The van der Waals surface area contributed by atoms with Gasteiger partial charge >= 0.3 is 0 Å². The van der Waals surface area contributed by atoms with Crippen molar-refractivity contribution in [2.45, 2.75) is 39.0 Å². The zero-order valence-electron chi connectivity index (χ0n) is 12.3. The fraction of sp³-hybridized carbons (Fsp3) is 0.667. The normalized spacial score (nSPS) is 19.7. The van der Waals surface area contributed by atoms with Gasteiger partial charge in [-0.3, -0.25) is 0 Å². The number of anilines is 1. The van der Waals surface area contributed by atoms with Gasteiger partial charge in [0, 0.05) is 36.3 Å². The van der Waals surface area contributed by atoms with E-state index in [4.69, 9.17) is 4.98 Å². The molecular formula is C15H25N3S. The average Bonchev–Trinajstić information content (AvgIpc) is 2.38. The number of thioether (sulfide) groups is 1. The Hall–Kier alpha value is -0.740. The van der Waals surface area contributed by atoms with Gasteiger partial charge < -0.3 is 10.2 Å². The topological polar surface area (TPSA) is 28.2 Å². The molecule has 3 nitrogen and oxygen atoms in total. The summed E-state index contributed by atoms with van der Waals surface area (Å²) in [5, 5.41) is 4.17. The first kappa shape index (κ1) is 14.7. The molecule has 1 N–H and O–H groups in total. The van der Waals surface area contributed by atoms with Crippen molar-refractivity contribution in [2.24, 2.45) is 0 Å². The molecule has 19 heavy (non-hydrogen) atoms. The lowest BCUT2D eigenvalue weighted by Crippen LogP contribution is -2.37. The van der Waals surface area contributed by atoms with Crippen molar-refractivity contribution in [1.82, 2.24) is 10.3 Å². The molecule has 1 fully saturated rings. The first-order valence-electron chi connectivity index (χ1n) is 7.24. The second-order valence-corrected chi connectivity index (χ2v) is 6.83. The van der Waals surface area contributed by atoms with E-state index in [2.05, 4.69) is 54.9 Å². The Balaban J connectivity index is 2.07. The van der Waals surface area contributed by atoms with E-state index >= 15 is 0 Å². The SMILES string of the molecule is CCCNCc1cc(C)nc(N2CCSC(C)C2)c1. The summed E-state index contributed by atoms with van der Waals surface area (Å²) in [6.45, 7) is 10.8. The summed E-state index contributed by atoms with van der Waals surface area (Å²) in [4.78, 5) is 7.14. The smallest absolute Gasteiger partial charge is 0.129 e. The number of hydrogen-bond acceptors (Lipinski definition) is 4. The van der Waals surface area contributed by atoms with E-state index in [-0.39, 0.29) is 0 Å². The third kappa shape index (κ3) is 4.39. The van der Waals surface area contributed by atoms with Crippen LogP contribution in [0.2, 0.25) is 0 Å². The van der Waals surface area contributed by atoms with E-state index in [1.54, 1.807) is 0 Å². The van der Waals surface area contributed by atoms with Crippen LogP contribution in [0.25, 0.3) is 0 Å². The van der Waals surface area contributed by atoms with Crippen molar-refractivity contribution in [3.63, 3.8) is 0 Å². The minimum Gasteiger partial charge on any atom is -0.355 e. The van der Waals surface area contributed by atoms with Gasteiger partial charge in [-0.1, -0.05) is 13.8 Å². The number of nitrogens with one attached hydrogen (secondary N) is 1. The van der Waals surface area contributed by atoms with Gasteiger partial charge in [0.25, 0.3) is 0 Å². The molecule has 1 aromatic rings. The Kier molecular flexibility index (Phi) is 5.52. The Morgan fingerprint density at radius 1 is 1.47 bits per heavy atom. The zero-order chi connectivity index (χ0) is 13.7. The molecule has 0 saturated carbocycles. The van der Waals surface area contributed by atoms with E-state index in [9.17, 15) is 0 Å². The lowest BCUT2D eigenvalue weighted by molar-refractivity contribution is 0.673. The van der Waals surface area contributed by atoms with Crippen LogP contribution < -0.4 is 10.2 Å². The third-order valence-electron chi connectivity index (χ3n) is 3.32. The molecule has 0 aromatic carbocycles. The number of aromatic nitrogens is 1. The molecule has 2 rings (SSSR count). The van der Waals surface area contributed by atoms with E-state index < -0.39 is 0 Å². The monoisotopic (exact) mass is 279 g/mol. The molecule has 1 aliphatic heterocycles. The lowest BCUT2D eigenvalue weighted by Gasteiger charge is -2.32. The number of hydrogen-bond donors (Lipinski definition) is 1. The first-order valence-corrected chi connectivity index (χ1v) is 8.28. The van der Waals surface area contributed by atoms with E-state index in [0.29, 0.717) is 5.25 Å². The highest BCUT2D eigenvalue weighted by molar-refractivity contribution is 8.00. The molecule has 1 atom stereocenters. The van der Waals surface area contributed by atoms with Crippen LogP contribution in [0.5, 0.6) is 0 Å². The Labute approximate surface area is 121 Å². The summed E-state index contributed by atoms with van der Waals surface area (Å²) in [5.74, 6) is 2.36. The van der Waals surface area contributed by atoms with Crippen LogP contribution in [0.3, 0.4) is 0 Å². The third-order valence-corrected chi connectivity index (χ3v) is 4.46. The molecule has 1 saturated heterocycles. The zero-order valence-corrected chi connectivity index (χ0v) is 13.1. The Bertz CT molecular complexity index is 408. The van der Waals surface area contributed by atoms with Crippen molar-refractivity contribution in [3.8, 4) is 0 Å². The van der Waals surface area contributed by atoms with Gasteiger partial charge in [-0.05, 0) is 37.6 Å². The van der Waals surface area contributed by atoms with Crippen molar-refractivity contribution >= 4 is 17.6 Å². The molecule has 2 heterocycles. The maximum Gasteiger partial charge on any atom is 0.129 e. The van der Waals surface area contributed by atoms with Gasteiger partial charge in [-0.15, -0.1) is 0 Å². The van der Waals surface area contributed by atoms with E-state index in [1.807, 2.05) is 0 Å². The molecule has 106 valence electrons. The van der Waals surface area contributed by atoms with Crippen LogP contribution in [-0.4, -0.2) is 35.6 Å². The van der Waals surface area contributed by atoms with Crippen LogP contribution in [0, 0.1) is 6.92 Å². The van der Waals surface area contributed by atoms with Gasteiger partial charge in [-0.25, -0.2) is 4.98 Å². The van der Waals surface area contributed by atoms with Gasteiger partial charge in [0.15, 0.2) is 0 Å². The van der Waals surface area contributed by atoms with E-state index in [1.165, 1.54) is 17.7 Å². The number of rotatable bonds is 5. The summed E-state index contributed by atoms with van der Waals surface area (Å²) in [7, 11) is 0. The second kappa shape index (κ2) is 7.15. The minimum atomic E-state index is 0.706. The minimum absolute atomic E-state index is 0.706. The highest BCUT2D eigenvalue weighted by atomic mass is 32.2. The Morgan fingerprint density at radius 3 is 3.05 bits per heavy atom. The fourth-order valence-electron chi connectivity index (χ4n) is 2.42. The van der Waals surface area contributed by atoms with Crippen LogP contribution >= 0.6 is 11.8 Å². The molecule has 1 aliphatic rings. The number of nitrogens with zero attached hydrogens (tertiary/aromatic N) is 2. The largest absolute Gasteiger partial charge is 0.355 e. The van der Waals surface area contributed by atoms with Crippen molar-refractivity contribution in [1.29, 1.82) is 0 Å². The van der Waals surface area contributed by atoms with Crippen LogP contribution in [0.1, 0.15) is 31.5 Å². The summed E-state index contributed by atoms with van der Waals surface area (Å²) in [6.07, 6.45) is 1.18. The van der Waals surface area contributed by atoms with Crippen LogP contribution in [0.4, 0.5) is 5.82 Å². The molecule has 0 radical (unpaired) electrons.